The topological polar surface area (TPSA) is 0 Å². The zero-order valence-corrected chi connectivity index (χ0v) is 32.4. The normalized spacial score (nSPS) is 14.8. The van der Waals surface area contributed by atoms with E-state index in [1.807, 2.05) is 6.07 Å². The number of fused-ring (bicyclic) bond motifs is 3. The number of hydrogen-bond acceptors (Lipinski definition) is 0. The van der Waals surface area contributed by atoms with Gasteiger partial charge in [0.05, 0.1) is 0 Å². The minimum absolute atomic E-state index is 0.167. The van der Waals surface area contributed by atoms with Crippen molar-refractivity contribution in [3.63, 3.8) is 0 Å². The van der Waals surface area contributed by atoms with Gasteiger partial charge in [0.25, 0.3) is 0 Å². The molecule has 1 atom stereocenters. The summed E-state index contributed by atoms with van der Waals surface area (Å²) >= 11 is 1.46. The molecule has 0 aromatic heterocycles. The first-order chi connectivity index (χ1) is 22.8. The first-order valence-electron chi connectivity index (χ1n) is 17.1. The number of rotatable bonds is 3. The van der Waals surface area contributed by atoms with Crippen LogP contribution in [0.5, 0.6) is 0 Å². The van der Waals surface area contributed by atoms with Gasteiger partial charge in [-0.05, 0) is 28.4 Å². The quantitative estimate of drug-likeness (QED) is 0.161. The van der Waals surface area contributed by atoms with E-state index in [4.69, 9.17) is 0 Å². The van der Waals surface area contributed by atoms with Gasteiger partial charge < -0.3 is 0 Å². The summed E-state index contributed by atoms with van der Waals surface area (Å²) in [6.07, 6.45) is 6.68. The summed E-state index contributed by atoms with van der Waals surface area (Å²) in [5.41, 5.74) is 15.3. The summed E-state index contributed by atoms with van der Waals surface area (Å²) < 4.78 is 1.42. The Kier molecular flexibility index (Phi) is 11.3. The second-order valence-corrected chi connectivity index (χ2v) is 16.2. The molecule has 1 unspecified atom stereocenters. The zero-order valence-electron chi connectivity index (χ0n) is 29.9. The Morgan fingerprint density at radius 3 is 1.71 bits per heavy atom. The van der Waals surface area contributed by atoms with Gasteiger partial charge in [0, 0.05) is 0 Å². The summed E-state index contributed by atoms with van der Waals surface area (Å²) in [5, 5.41) is 0. The molecule has 0 heterocycles. The van der Waals surface area contributed by atoms with Crippen LogP contribution in [0.1, 0.15) is 94.3 Å². The zero-order chi connectivity index (χ0) is 34.5. The van der Waals surface area contributed by atoms with Crippen LogP contribution >= 0.6 is 0 Å². The first-order valence-corrected chi connectivity index (χ1v) is 18.3. The monoisotopic (exact) mass is 702 g/mol. The Labute approximate surface area is 305 Å². The van der Waals surface area contributed by atoms with Crippen molar-refractivity contribution in [3.05, 3.63) is 184 Å². The molecule has 48 heavy (non-hydrogen) atoms. The molecule has 5 aromatic carbocycles. The molecular weight excluding hydrogens is 656 g/mol. The number of hydrogen-bond donors (Lipinski definition) is 0. The molecule has 0 fully saturated rings. The van der Waals surface area contributed by atoms with Crippen molar-refractivity contribution in [1.29, 1.82) is 0 Å². The van der Waals surface area contributed by atoms with E-state index in [2.05, 4.69) is 189 Å². The van der Waals surface area contributed by atoms with Gasteiger partial charge in [0.15, 0.2) is 0 Å². The van der Waals surface area contributed by atoms with Crippen molar-refractivity contribution in [1.82, 2.24) is 0 Å². The fraction of sp³-hybridized carbons (Fsp3) is 0.255. The minimum atomic E-state index is 0.167. The molecule has 0 saturated carbocycles. The van der Waals surface area contributed by atoms with Crippen molar-refractivity contribution < 1.29 is 24.2 Å². The summed E-state index contributed by atoms with van der Waals surface area (Å²) in [4.78, 5) is 0. The molecule has 1 heteroatoms. The summed E-state index contributed by atoms with van der Waals surface area (Å²) in [6, 6.07) is 46.8. The molecule has 0 N–H and O–H groups in total. The SMILES string of the molecule is CC(C)(C)c1[c-]c2c(cc1)-c1ccc(C(C)(C)C)cc1C2.CC1=[C-]C(C)C=C1c1ccccc1.[Zr+2]=[C](c1ccccc1)c1ccccc1. The van der Waals surface area contributed by atoms with Crippen LogP contribution in [0.15, 0.2) is 133 Å². The maximum atomic E-state index is 3.67. The Morgan fingerprint density at radius 2 is 1.21 bits per heavy atom. The molecule has 5 aromatic rings. The van der Waals surface area contributed by atoms with Crippen LogP contribution in [0.2, 0.25) is 0 Å². The molecule has 0 saturated heterocycles. The van der Waals surface area contributed by atoms with Crippen LogP contribution in [0.4, 0.5) is 0 Å². The Bertz CT molecular complexity index is 1810. The van der Waals surface area contributed by atoms with Crippen molar-refractivity contribution in [2.45, 2.75) is 72.6 Å². The van der Waals surface area contributed by atoms with E-state index >= 15 is 0 Å². The standard InChI is InChI=1S/C21H25.C13H13.C13H10.Zr/c1-20(2,3)16-7-9-18-14(12-16)11-15-13-17(21(4,5)6)8-10-19(15)18;1-10-8-11(2)13(9-10)12-6-4-3-5-7-12;1-3-7-12(8-4-1)11-13-9-5-2-6-10-13;/h7-10,12H,11H2,1-6H3;3-7,9-10H,1-2H3;1-10H;/q2*-1;;+2. The molecular formula is C47H48Zr. The van der Waals surface area contributed by atoms with Crippen molar-refractivity contribution in [3.8, 4) is 11.1 Å². The van der Waals surface area contributed by atoms with Crippen LogP contribution < -0.4 is 0 Å². The molecule has 0 amide bonds. The van der Waals surface area contributed by atoms with E-state index in [1.165, 1.54) is 88.7 Å². The summed E-state index contributed by atoms with van der Waals surface area (Å²) in [6.45, 7) is 17.9. The van der Waals surface area contributed by atoms with Gasteiger partial charge in [-0.15, -0.1) is 16.7 Å². The van der Waals surface area contributed by atoms with Gasteiger partial charge in [-0.2, -0.15) is 35.4 Å². The molecule has 2 aliphatic carbocycles. The van der Waals surface area contributed by atoms with Gasteiger partial charge in [-0.25, -0.2) is 5.57 Å². The van der Waals surface area contributed by atoms with Gasteiger partial charge in [-0.1, -0.05) is 115 Å². The number of benzene rings is 5. The molecule has 0 spiro atoms. The van der Waals surface area contributed by atoms with Gasteiger partial charge >= 0.3 is 99.2 Å². The molecule has 7 rings (SSSR count). The Hall–Kier alpha value is -3.67. The fourth-order valence-electron chi connectivity index (χ4n) is 6.17. The third-order valence-corrected chi connectivity index (χ3v) is 10.4. The second kappa shape index (κ2) is 15.3. The Morgan fingerprint density at radius 1 is 0.667 bits per heavy atom. The van der Waals surface area contributed by atoms with Gasteiger partial charge in [-0.3, -0.25) is 6.08 Å². The first kappa shape index (κ1) is 35.6. The average molecular weight is 704 g/mol. The third kappa shape index (κ3) is 8.86. The molecule has 0 radical (unpaired) electrons. The van der Waals surface area contributed by atoms with Crippen LogP contribution in [0.25, 0.3) is 16.7 Å². The van der Waals surface area contributed by atoms with E-state index in [-0.39, 0.29) is 10.8 Å². The van der Waals surface area contributed by atoms with Crippen LogP contribution in [-0.2, 0) is 41.5 Å². The predicted octanol–water partition coefficient (Wildman–Crippen LogP) is 11.9. The van der Waals surface area contributed by atoms with Crippen LogP contribution in [0.3, 0.4) is 0 Å². The molecule has 0 nitrogen and oxygen atoms in total. The molecule has 0 aliphatic heterocycles. The van der Waals surface area contributed by atoms with Crippen molar-refractivity contribution >= 4 is 8.78 Å². The van der Waals surface area contributed by atoms with E-state index in [0.717, 1.165) is 6.42 Å². The molecule has 240 valence electrons. The van der Waals surface area contributed by atoms with Crippen LogP contribution in [0, 0.1) is 18.1 Å². The van der Waals surface area contributed by atoms with E-state index in [9.17, 15) is 0 Å². The van der Waals surface area contributed by atoms with E-state index in [0.29, 0.717) is 5.92 Å². The van der Waals surface area contributed by atoms with Gasteiger partial charge in [0.2, 0.25) is 0 Å². The van der Waals surface area contributed by atoms with E-state index in [1.54, 1.807) is 0 Å². The molecule has 0 bridgehead atoms. The third-order valence-electron chi connectivity index (χ3n) is 8.94. The number of allylic oxidation sites excluding steroid dienone is 4. The van der Waals surface area contributed by atoms with E-state index < -0.39 is 0 Å². The summed E-state index contributed by atoms with van der Waals surface area (Å²) in [5.74, 6) is 0.468. The van der Waals surface area contributed by atoms with Crippen molar-refractivity contribution in [2.24, 2.45) is 5.92 Å². The average Bonchev–Trinajstić information content (AvgIpc) is 3.63. The fourth-order valence-corrected chi connectivity index (χ4v) is 6.99. The van der Waals surface area contributed by atoms with Crippen LogP contribution in [-0.4, -0.2) is 3.21 Å². The second-order valence-electron chi connectivity index (χ2n) is 14.9. The van der Waals surface area contributed by atoms with Gasteiger partial charge in [0.1, 0.15) is 0 Å². The Balaban J connectivity index is 0.000000147. The maximum absolute atomic E-state index is 3.67. The molecule has 2 aliphatic rings. The summed E-state index contributed by atoms with van der Waals surface area (Å²) in [7, 11) is 0. The predicted molar refractivity (Wildman–Crippen MR) is 203 cm³/mol. The van der Waals surface area contributed by atoms with Crippen molar-refractivity contribution in [2.75, 3.05) is 0 Å².